The van der Waals surface area contributed by atoms with Gasteiger partial charge >= 0.3 is 5.97 Å². The first kappa shape index (κ1) is 25.5. The summed E-state index contributed by atoms with van der Waals surface area (Å²) in [5.41, 5.74) is 2.65. The zero-order chi connectivity index (χ0) is 25.8. The van der Waals surface area contributed by atoms with Crippen LogP contribution in [0.1, 0.15) is 62.1 Å². The molecule has 1 aliphatic heterocycles. The summed E-state index contributed by atoms with van der Waals surface area (Å²) in [5.74, 6) is -0.107. The number of nitrogens with zero attached hydrogens (tertiary/aromatic N) is 1. The lowest BCUT2D eigenvalue weighted by molar-refractivity contribution is -0.146. The number of benzene rings is 3. The van der Waals surface area contributed by atoms with Crippen molar-refractivity contribution in [3.63, 3.8) is 0 Å². The van der Waals surface area contributed by atoms with Crippen molar-refractivity contribution in [1.82, 2.24) is 10.2 Å². The number of carbonyl (C=O) groups excluding carboxylic acids is 1. The molecule has 2 fully saturated rings. The molecule has 1 saturated carbocycles. The van der Waals surface area contributed by atoms with Crippen LogP contribution in [0, 0.1) is 17.8 Å². The van der Waals surface area contributed by atoms with Crippen molar-refractivity contribution in [2.24, 2.45) is 17.8 Å². The normalized spacial score (nSPS) is 25.1. The highest BCUT2D eigenvalue weighted by atomic mass is 16.4. The highest BCUT2D eigenvalue weighted by Gasteiger charge is 2.37. The molecule has 194 valence electrons. The maximum atomic E-state index is 13.5. The van der Waals surface area contributed by atoms with Crippen LogP contribution in [0.4, 0.5) is 0 Å². The van der Waals surface area contributed by atoms with Crippen LogP contribution in [0.5, 0.6) is 0 Å². The van der Waals surface area contributed by atoms with Gasteiger partial charge in [-0.25, -0.2) is 0 Å². The van der Waals surface area contributed by atoms with Gasteiger partial charge in [-0.1, -0.05) is 72.8 Å². The Morgan fingerprint density at radius 3 is 2.32 bits per heavy atom. The largest absolute Gasteiger partial charge is 0.481 e. The van der Waals surface area contributed by atoms with Crippen LogP contribution in [0.2, 0.25) is 0 Å². The van der Waals surface area contributed by atoms with Crippen LogP contribution >= 0.6 is 0 Å². The van der Waals surface area contributed by atoms with Crippen molar-refractivity contribution in [2.75, 3.05) is 19.6 Å². The number of nitrogens with one attached hydrogen (secondary N) is 1. The molecule has 2 unspecified atom stereocenters. The molecule has 0 bridgehead atoms. The fourth-order valence-corrected chi connectivity index (χ4v) is 6.49. The van der Waals surface area contributed by atoms with Gasteiger partial charge in [-0.2, -0.15) is 0 Å². The number of carboxylic acids is 1. The van der Waals surface area contributed by atoms with E-state index in [-0.39, 0.29) is 23.8 Å². The van der Waals surface area contributed by atoms with Crippen molar-refractivity contribution in [3.05, 3.63) is 83.9 Å². The fraction of sp³-hybridized carbons (Fsp3) is 0.438. The summed E-state index contributed by atoms with van der Waals surface area (Å²) in [6.07, 6.45) is 3.56. The third-order valence-corrected chi connectivity index (χ3v) is 8.68. The Balaban J connectivity index is 1.29. The highest BCUT2D eigenvalue weighted by Crippen LogP contribution is 2.36. The summed E-state index contributed by atoms with van der Waals surface area (Å²) in [4.78, 5) is 26.9. The number of piperidine rings is 1. The minimum atomic E-state index is -0.721. The number of fused-ring (bicyclic) bond motifs is 1. The Morgan fingerprint density at radius 1 is 0.892 bits per heavy atom. The molecule has 3 atom stereocenters. The first-order chi connectivity index (χ1) is 18.0. The standard InChI is InChI=1S/C32H38N2O3/c1-22(28-13-7-11-24-10-5-6-12-30(24)28)33-20-27-21-34(19-18-29(27)23-8-3-2-4-9-23)31(35)25-14-16-26(17-15-25)32(36)37/h2-13,22,25-27,29,33H,14-21H2,1H3,(H,36,37)/t22-,25-,26+,27?,29?/m1/s1. The van der Waals surface area contributed by atoms with Crippen molar-refractivity contribution in [2.45, 2.75) is 51.0 Å². The number of likely N-dealkylation sites (tertiary alicyclic amines) is 1. The monoisotopic (exact) mass is 498 g/mol. The van der Waals surface area contributed by atoms with Gasteiger partial charge in [0.25, 0.3) is 0 Å². The van der Waals surface area contributed by atoms with E-state index in [4.69, 9.17) is 0 Å². The van der Waals surface area contributed by atoms with Gasteiger partial charge in [-0.15, -0.1) is 0 Å². The average Bonchev–Trinajstić information content (AvgIpc) is 2.95. The topological polar surface area (TPSA) is 69.6 Å². The predicted octanol–water partition coefficient (Wildman–Crippen LogP) is 6.01. The third kappa shape index (κ3) is 5.72. The average molecular weight is 499 g/mol. The maximum absolute atomic E-state index is 13.5. The van der Waals surface area contributed by atoms with E-state index in [1.807, 2.05) is 0 Å². The summed E-state index contributed by atoms with van der Waals surface area (Å²) in [5, 5.41) is 15.7. The second kappa shape index (κ2) is 11.5. The molecule has 5 rings (SSSR count). The first-order valence-electron chi connectivity index (χ1n) is 13.8. The Morgan fingerprint density at radius 2 is 1.57 bits per heavy atom. The lowest BCUT2D eigenvalue weighted by Gasteiger charge is -2.41. The lowest BCUT2D eigenvalue weighted by atomic mass is 9.78. The number of hydrogen-bond acceptors (Lipinski definition) is 3. The van der Waals surface area contributed by atoms with Crippen LogP contribution in [0.15, 0.2) is 72.8 Å². The summed E-state index contributed by atoms with van der Waals surface area (Å²) in [6.45, 7) is 4.57. The first-order valence-corrected chi connectivity index (χ1v) is 13.8. The molecule has 0 radical (unpaired) electrons. The Bertz CT molecular complexity index is 1210. The van der Waals surface area contributed by atoms with E-state index in [0.29, 0.717) is 37.5 Å². The quantitative estimate of drug-likeness (QED) is 0.418. The molecule has 37 heavy (non-hydrogen) atoms. The zero-order valence-electron chi connectivity index (χ0n) is 21.7. The van der Waals surface area contributed by atoms with Gasteiger partial charge in [0.15, 0.2) is 0 Å². The third-order valence-electron chi connectivity index (χ3n) is 8.68. The van der Waals surface area contributed by atoms with E-state index in [2.05, 4.69) is 89.9 Å². The molecule has 5 heteroatoms. The molecule has 2 aliphatic rings. The molecular formula is C32H38N2O3. The molecule has 3 aromatic carbocycles. The van der Waals surface area contributed by atoms with Crippen LogP contribution in [0.25, 0.3) is 10.8 Å². The Kier molecular flexibility index (Phi) is 7.90. The zero-order valence-corrected chi connectivity index (χ0v) is 21.7. The second-order valence-electron chi connectivity index (χ2n) is 10.9. The number of aliphatic carboxylic acids is 1. The van der Waals surface area contributed by atoms with Crippen LogP contribution in [-0.2, 0) is 9.59 Å². The van der Waals surface area contributed by atoms with E-state index >= 15 is 0 Å². The van der Waals surface area contributed by atoms with Crippen molar-refractivity contribution in [3.8, 4) is 0 Å². The molecule has 0 aromatic heterocycles. The van der Waals surface area contributed by atoms with Crippen molar-refractivity contribution in [1.29, 1.82) is 0 Å². The number of carbonyl (C=O) groups is 2. The van der Waals surface area contributed by atoms with Crippen molar-refractivity contribution < 1.29 is 14.7 Å². The van der Waals surface area contributed by atoms with Gasteiger partial charge in [-0.3, -0.25) is 9.59 Å². The molecule has 0 spiro atoms. The number of carboxylic acid groups (broad SMARTS) is 1. The van der Waals surface area contributed by atoms with E-state index < -0.39 is 5.97 Å². The summed E-state index contributed by atoms with van der Waals surface area (Å²) >= 11 is 0. The van der Waals surface area contributed by atoms with E-state index in [1.165, 1.54) is 21.9 Å². The molecule has 2 N–H and O–H groups in total. The van der Waals surface area contributed by atoms with Crippen molar-refractivity contribution >= 4 is 22.6 Å². The summed E-state index contributed by atoms with van der Waals surface area (Å²) in [7, 11) is 0. The smallest absolute Gasteiger partial charge is 0.306 e. The lowest BCUT2D eigenvalue weighted by Crippen LogP contribution is -2.48. The molecule has 1 heterocycles. The van der Waals surface area contributed by atoms with E-state index in [0.717, 1.165) is 26.1 Å². The molecular weight excluding hydrogens is 460 g/mol. The van der Waals surface area contributed by atoms with E-state index in [9.17, 15) is 14.7 Å². The Labute approximate surface area is 219 Å². The van der Waals surface area contributed by atoms with Gasteiger partial charge in [-0.05, 0) is 72.8 Å². The van der Waals surface area contributed by atoms with Crippen LogP contribution < -0.4 is 5.32 Å². The molecule has 1 amide bonds. The van der Waals surface area contributed by atoms with Crippen LogP contribution in [-0.4, -0.2) is 41.5 Å². The van der Waals surface area contributed by atoms with Gasteiger partial charge in [0.05, 0.1) is 5.92 Å². The second-order valence-corrected chi connectivity index (χ2v) is 10.9. The van der Waals surface area contributed by atoms with Gasteiger partial charge in [0, 0.05) is 31.6 Å². The van der Waals surface area contributed by atoms with Gasteiger partial charge in [0.2, 0.25) is 5.91 Å². The molecule has 1 saturated heterocycles. The minimum absolute atomic E-state index is 0.0351. The van der Waals surface area contributed by atoms with Gasteiger partial charge < -0.3 is 15.3 Å². The Hall–Kier alpha value is -3.18. The number of rotatable bonds is 7. The SMILES string of the molecule is C[C@@H](NCC1CN(C(=O)[C@H]2CC[C@@H](C(=O)O)CC2)CCC1c1ccccc1)c1cccc2ccccc12. The maximum Gasteiger partial charge on any atom is 0.306 e. The molecule has 3 aromatic rings. The van der Waals surface area contributed by atoms with E-state index in [1.54, 1.807) is 0 Å². The van der Waals surface area contributed by atoms with Crippen LogP contribution in [0.3, 0.4) is 0 Å². The number of hydrogen-bond donors (Lipinski definition) is 2. The fourth-order valence-electron chi connectivity index (χ4n) is 6.49. The molecule has 5 nitrogen and oxygen atoms in total. The number of amides is 1. The minimum Gasteiger partial charge on any atom is -0.481 e. The predicted molar refractivity (Wildman–Crippen MR) is 147 cm³/mol. The molecule has 1 aliphatic carbocycles. The summed E-state index contributed by atoms with van der Waals surface area (Å²) < 4.78 is 0. The summed E-state index contributed by atoms with van der Waals surface area (Å²) in [6, 6.07) is 25.9. The highest BCUT2D eigenvalue weighted by molar-refractivity contribution is 5.86. The van der Waals surface area contributed by atoms with Gasteiger partial charge in [0.1, 0.15) is 0 Å².